The lowest BCUT2D eigenvalue weighted by Crippen LogP contribution is -2.52. The highest BCUT2D eigenvalue weighted by Gasteiger charge is 2.36. The molecule has 1 saturated heterocycles. The number of fused-ring (bicyclic) bond motifs is 1. The van der Waals surface area contributed by atoms with Crippen molar-refractivity contribution in [3.63, 3.8) is 0 Å². The summed E-state index contributed by atoms with van der Waals surface area (Å²) in [6.07, 6.45) is 1.85. The highest BCUT2D eigenvalue weighted by atomic mass is 16.5. The molecule has 1 amide bonds. The van der Waals surface area contributed by atoms with Gasteiger partial charge in [-0.05, 0) is 24.8 Å². The Morgan fingerprint density at radius 1 is 1.48 bits per heavy atom. The molecule has 2 atom stereocenters. The molecule has 0 radical (unpaired) electrons. The number of furan rings is 1. The number of nitrogens with one attached hydrogen (secondary N) is 2. The SMILES string of the molecule is Cc1cc2c(o1)CC(C)(C)CC2NC(=O)C1COCCN1. The summed E-state index contributed by atoms with van der Waals surface area (Å²) in [5, 5.41) is 6.37. The molecular formula is C16H24N2O3. The summed E-state index contributed by atoms with van der Waals surface area (Å²) in [5.41, 5.74) is 1.27. The number of aryl methyl sites for hydroxylation is 1. The van der Waals surface area contributed by atoms with Gasteiger partial charge in [0.05, 0.1) is 19.3 Å². The van der Waals surface area contributed by atoms with Crippen LogP contribution in [0.5, 0.6) is 0 Å². The number of hydrogen-bond donors (Lipinski definition) is 2. The zero-order chi connectivity index (χ0) is 15.0. The summed E-state index contributed by atoms with van der Waals surface area (Å²) in [7, 11) is 0. The quantitative estimate of drug-likeness (QED) is 0.871. The fourth-order valence-electron chi connectivity index (χ4n) is 3.32. The Bertz CT molecular complexity index is 530. The minimum Gasteiger partial charge on any atom is -0.466 e. The predicted molar refractivity (Wildman–Crippen MR) is 79.0 cm³/mol. The van der Waals surface area contributed by atoms with Gasteiger partial charge >= 0.3 is 0 Å². The number of carbonyl (C=O) groups is 1. The Hall–Kier alpha value is -1.33. The van der Waals surface area contributed by atoms with Crippen molar-refractivity contribution < 1.29 is 13.9 Å². The molecule has 21 heavy (non-hydrogen) atoms. The van der Waals surface area contributed by atoms with E-state index in [1.54, 1.807) is 0 Å². The molecule has 1 aromatic heterocycles. The fraction of sp³-hybridized carbons (Fsp3) is 0.688. The first-order valence-electron chi connectivity index (χ1n) is 7.65. The standard InChI is InChI=1S/C16H24N2O3/c1-10-6-11-12(7-16(2,3)8-14(11)21-10)18-15(19)13-9-20-5-4-17-13/h6,12-13,17H,4-5,7-9H2,1-3H3,(H,18,19). The molecule has 3 rings (SSSR count). The molecule has 5 heteroatoms. The molecule has 116 valence electrons. The van der Waals surface area contributed by atoms with Crippen molar-refractivity contribution in [3.8, 4) is 0 Å². The van der Waals surface area contributed by atoms with E-state index in [1.165, 1.54) is 0 Å². The van der Waals surface area contributed by atoms with Crippen LogP contribution < -0.4 is 10.6 Å². The summed E-state index contributed by atoms with van der Waals surface area (Å²) in [6.45, 7) is 8.24. The maximum Gasteiger partial charge on any atom is 0.240 e. The van der Waals surface area contributed by atoms with Gasteiger partial charge in [0.25, 0.3) is 0 Å². The van der Waals surface area contributed by atoms with Crippen molar-refractivity contribution in [1.82, 2.24) is 10.6 Å². The van der Waals surface area contributed by atoms with Crippen LogP contribution in [0.25, 0.3) is 0 Å². The van der Waals surface area contributed by atoms with Gasteiger partial charge in [0.1, 0.15) is 17.6 Å². The number of morpholine rings is 1. The van der Waals surface area contributed by atoms with Crippen LogP contribution in [-0.4, -0.2) is 31.7 Å². The Labute approximate surface area is 125 Å². The van der Waals surface area contributed by atoms with E-state index in [-0.39, 0.29) is 23.4 Å². The fourth-order valence-corrected chi connectivity index (χ4v) is 3.32. The molecule has 2 unspecified atom stereocenters. The van der Waals surface area contributed by atoms with Gasteiger partial charge in [0.15, 0.2) is 0 Å². The summed E-state index contributed by atoms with van der Waals surface area (Å²) >= 11 is 0. The number of hydrogen-bond acceptors (Lipinski definition) is 4. The molecule has 2 aliphatic rings. The summed E-state index contributed by atoms with van der Waals surface area (Å²) in [6, 6.07) is 1.83. The van der Waals surface area contributed by atoms with Crippen molar-refractivity contribution in [2.45, 2.75) is 45.7 Å². The van der Waals surface area contributed by atoms with E-state index in [9.17, 15) is 4.79 Å². The minimum atomic E-state index is -0.250. The molecular weight excluding hydrogens is 268 g/mol. The second kappa shape index (κ2) is 5.46. The lowest BCUT2D eigenvalue weighted by atomic mass is 9.74. The van der Waals surface area contributed by atoms with E-state index in [2.05, 4.69) is 30.5 Å². The van der Waals surface area contributed by atoms with E-state index < -0.39 is 0 Å². The van der Waals surface area contributed by atoms with Crippen LogP contribution in [0.15, 0.2) is 10.5 Å². The highest BCUT2D eigenvalue weighted by Crippen LogP contribution is 2.42. The molecule has 5 nitrogen and oxygen atoms in total. The monoisotopic (exact) mass is 292 g/mol. The molecule has 0 saturated carbocycles. The number of rotatable bonds is 2. The molecule has 2 N–H and O–H groups in total. The van der Waals surface area contributed by atoms with E-state index in [1.807, 2.05) is 6.92 Å². The van der Waals surface area contributed by atoms with Crippen molar-refractivity contribution in [2.75, 3.05) is 19.8 Å². The minimum absolute atomic E-state index is 0.0159. The van der Waals surface area contributed by atoms with Crippen LogP contribution >= 0.6 is 0 Å². The second-order valence-corrected chi connectivity index (χ2v) is 6.92. The van der Waals surface area contributed by atoms with E-state index in [0.29, 0.717) is 13.2 Å². The summed E-state index contributed by atoms with van der Waals surface area (Å²) in [4.78, 5) is 12.4. The molecule has 1 fully saturated rings. The third kappa shape index (κ3) is 3.14. The number of carbonyl (C=O) groups excluding carboxylic acids is 1. The van der Waals surface area contributed by atoms with Crippen LogP contribution in [0, 0.1) is 12.3 Å². The van der Waals surface area contributed by atoms with Crippen molar-refractivity contribution in [2.24, 2.45) is 5.41 Å². The Kier molecular flexibility index (Phi) is 3.80. The normalized spacial score (nSPS) is 28.0. The second-order valence-electron chi connectivity index (χ2n) is 6.92. The van der Waals surface area contributed by atoms with Gasteiger partial charge < -0.3 is 19.8 Å². The first kappa shape index (κ1) is 14.6. The van der Waals surface area contributed by atoms with Crippen LogP contribution in [0.2, 0.25) is 0 Å². The summed E-state index contributed by atoms with van der Waals surface area (Å²) < 4.78 is 11.2. The number of ether oxygens (including phenoxy) is 1. The van der Waals surface area contributed by atoms with Gasteiger partial charge in [-0.3, -0.25) is 4.79 Å². The maximum absolute atomic E-state index is 12.4. The first-order valence-corrected chi connectivity index (χ1v) is 7.65. The Morgan fingerprint density at radius 2 is 2.29 bits per heavy atom. The largest absolute Gasteiger partial charge is 0.466 e. The van der Waals surface area contributed by atoms with Crippen molar-refractivity contribution >= 4 is 5.91 Å². The smallest absolute Gasteiger partial charge is 0.240 e. The van der Waals surface area contributed by atoms with E-state index >= 15 is 0 Å². The van der Waals surface area contributed by atoms with Gasteiger partial charge in [-0.1, -0.05) is 13.8 Å². The average molecular weight is 292 g/mol. The molecule has 1 aromatic rings. The zero-order valence-electron chi connectivity index (χ0n) is 13.0. The lowest BCUT2D eigenvalue weighted by molar-refractivity contribution is -0.127. The van der Waals surface area contributed by atoms with Crippen LogP contribution in [0.1, 0.15) is 43.4 Å². The third-order valence-corrected chi connectivity index (χ3v) is 4.29. The van der Waals surface area contributed by atoms with Gasteiger partial charge in [0.2, 0.25) is 5.91 Å². The van der Waals surface area contributed by atoms with Gasteiger partial charge in [0, 0.05) is 18.5 Å². The molecule has 1 aliphatic carbocycles. The van der Waals surface area contributed by atoms with E-state index in [4.69, 9.17) is 9.15 Å². The van der Waals surface area contributed by atoms with E-state index in [0.717, 1.165) is 36.5 Å². The lowest BCUT2D eigenvalue weighted by Gasteiger charge is -2.35. The van der Waals surface area contributed by atoms with Crippen LogP contribution in [0.4, 0.5) is 0 Å². The average Bonchev–Trinajstić information content (AvgIpc) is 2.78. The van der Waals surface area contributed by atoms with Crippen LogP contribution in [0.3, 0.4) is 0 Å². The van der Waals surface area contributed by atoms with Gasteiger partial charge in [-0.25, -0.2) is 0 Å². The summed E-state index contributed by atoms with van der Waals surface area (Å²) in [5.74, 6) is 1.94. The first-order chi connectivity index (χ1) is 9.94. The van der Waals surface area contributed by atoms with Gasteiger partial charge in [-0.15, -0.1) is 0 Å². The molecule has 1 aliphatic heterocycles. The van der Waals surface area contributed by atoms with Crippen molar-refractivity contribution in [3.05, 3.63) is 23.2 Å². The molecule has 0 aromatic carbocycles. The third-order valence-electron chi connectivity index (χ3n) is 4.29. The molecule has 2 heterocycles. The number of amides is 1. The molecule has 0 bridgehead atoms. The zero-order valence-corrected chi connectivity index (χ0v) is 13.0. The highest BCUT2D eigenvalue weighted by molar-refractivity contribution is 5.82. The Morgan fingerprint density at radius 3 is 3.00 bits per heavy atom. The molecule has 0 spiro atoms. The van der Waals surface area contributed by atoms with Crippen LogP contribution in [-0.2, 0) is 16.0 Å². The van der Waals surface area contributed by atoms with Gasteiger partial charge in [-0.2, -0.15) is 0 Å². The maximum atomic E-state index is 12.4. The predicted octanol–water partition coefficient (Wildman–Crippen LogP) is 1.71. The van der Waals surface area contributed by atoms with Crippen molar-refractivity contribution in [1.29, 1.82) is 0 Å². The topological polar surface area (TPSA) is 63.5 Å². The Balaban J connectivity index is 1.76.